The van der Waals surface area contributed by atoms with Gasteiger partial charge in [0.15, 0.2) is 0 Å². The van der Waals surface area contributed by atoms with Crippen molar-refractivity contribution >= 4 is 23.1 Å². The second-order valence-electron chi connectivity index (χ2n) is 6.61. The van der Waals surface area contributed by atoms with Crippen molar-refractivity contribution < 1.29 is 9.18 Å². The minimum absolute atomic E-state index is 0.0108. The molecule has 9 heteroatoms. The fraction of sp³-hybridized carbons (Fsp3) is 0.190. The number of nitrogens with zero attached hydrogens (tertiary/aromatic N) is 2. The smallest absolute Gasteiger partial charge is 0.330 e. The first kappa shape index (κ1) is 20.8. The molecule has 30 heavy (non-hydrogen) atoms. The van der Waals surface area contributed by atoms with Crippen molar-refractivity contribution in [2.24, 2.45) is 0 Å². The number of aromatic nitrogens is 2. The lowest BCUT2D eigenvalue weighted by Gasteiger charge is -2.24. The van der Waals surface area contributed by atoms with Crippen molar-refractivity contribution in [2.45, 2.75) is 13.5 Å². The second-order valence-corrected chi connectivity index (χ2v) is 6.61. The molecule has 3 aromatic rings. The average Bonchev–Trinajstić information content (AvgIpc) is 2.72. The third-order valence-electron chi connectivity index (χ3n) is 4.58. The van der Waals surface area contributed by atoms with Crippen LogP contribution in [0.15, 0.2) is 64.2 Å². The molecule has 0 saturated heterocycles. The van der Waals surface area contributed by atoms with Crippen molar-refractivity contribution in [1.82, 2.24) is 9.55 Å². The molecule has 0 bridgehead atoms. The van der Waals surface area contributed by atoms with E-state index < -0.39 is 23.0 Å². The predicted molar refractivity (Wildman–Crippen MR) is 114 cm³/mol. The molecule has 156 valence electrons. The minimum Gasteiger partial charge on any atom is -0.383 e. The van der Waals surface area contributed by atoms with Crippen molar-refractivity contribution in [3.05, 3.63) is 86.8 Å². The van der Waals surface area contributed by atoms with Gasteiger partial charge in [-0.05, 0) is 24.6 Å². The molecular weight excluding hydrogens is 389 g/mol. The minimum atomic E-state index is -0.692. The van der Waals surface area contributed by atoms with Crippen molar-refractivity contribution in [3.8, 4) is 0 Å². The molecule has 0 radical (unpaired) electrons. The lowest BCUT2D eigenvalue weighted by molar-refractivity contribution is -0.115. The number of benzene rings is 2. The lowest BCUT2D eigenvalue weighted by Crippen LogP contribution is -2.41. The monoisotopic (exact) mass is 411 g/mol. The summed E-state index contributed by atoms with van der Waals surface area (Å²) in [6.07, 6.45) is 0. The highest BCUT2D eigenvalue weighted by Crippen LogP contribution is 2.18. The molecule has 0 spiro atoms. The number of rotatable bonds is 7. The maximum Gasteiger partial charge on any atom is 0.330 e. The highest BCUT2D eigenvalue weighted by molar-refractivity contribution is 5.94. The number of amides is 1. The Morgan fingerprint density at radius 3 is 2.47 bits per heavy atom. The Kier molecular flexibility index (Phi) is 6.31. The fourth-order valence-electron chi connectivity index (χ4n) is 3.08. The van der Waals surface area contributed by atoms with Gasteiger partial charge in [0, 0.05) is 6.54 Å². The quantitative estimate of drug-likeness (QED) is 0.548. The van der Waals surface area contributed by atoms with Gasteiger partial charge in [-0.2, -0.15) is 0 Å². The lowest BCUT2D eigenvalue weighted by atomic mass is 10.2. The van der Waals surface area contributed by atoms with E-state index in [2.05, 4.69) is 10.3 Å². The van der Waals surface area contributed by atoms with Gasteiger partial charge in [-0.3, -0.25) is 19.1 Å². The summed E-state index contributed by atoms with van der Waals surface area (Å²) in [5.41, 5.74) is 5.71. The Labute approximate surface area is 171 Å². The molecule has 1 heterocycles. The summed E-state index contributed by atoms with van der Waals surface area (Å²) in [6, 6.07) is 14.9. The summed E-state index contributed by atoms with van der Waals surface area (Å²) in [4.78, 5) is 40.9. The van der Waals surface area contributed by atoms with E-state index >= 15 is 0 Å². The second kappa shape index (κ2) is 9.08. The first-order valence-corrected chi connectivity index (χ1v) is 9.36. The summed E-state index contributed by atoms with van der Waals surface area (Å²) in [5.74, 6) is -1.14. The molecule has 0 aliphatic carbocycles. The third-order valence-corrected chi connectivity index (χ3v) is 4.58. The van der Waals surface area contributed by atoms with E-state index in [9.17, 15) is 18.8 Å². The molecular formula is C21H22FN5O3. The molecule has 0 unspecified atom stereocenters. The van der Waals surface area contributed by atoms with Crippen molar-refractivity contribution in [1.29, 1.82) is 0 Å². The number of hydrogen-bond acceptors (Lipinski definition) is 5. The summed E-state index contributed by atoms with van der Waals surface area (Å²) in [7, 11) is 0. The van der Waals surface area contributed by atoms with Crippen LogP contribution in [0.4, 0.5) is 21.6 Å². The largest absolute Gasteiger partial charge is 0.383 e. The molecule has 0 aliphatic heterocycles. The number of para-hydroxylation sites is 1. The van der Waals surface area contributed by atoms with Crippen molar-refractivity contribution in [2.75, 3.05) is 29.0 Å². The van der Waals surface area contributed by atoms with Gasteiger partial charge < -0.3 is 16.0 Å². The van der Waals surface area contributed by atoms with Gasteiger partial charge >= 0.3 is 5.69 Å². The molecule has 4 N–H and O–H groups in total. The van der Waals surface area contributed by atoms with Gasteiger partial charge in [0.2, 0.25) is 5.91 Å². The van der Waals surface area contributed by atoms with E-state index in [-0.39, 0.29) is 36.8 Å². The molecule has 1 amide bonds. The zero-order chi connectivity index (χ0) is 21.7. The highest BCUT2D eigenvalue weighted by atomic mass is 19.1. The number of nitrogen functional groups attached to an aromatic ring is 1. The van der Waals surface area contributed by atoms with Crippen LogP contribution in [0.5, 0.6) is 0 Å². The predicted octanol–water partition coefficient (Wildman–Crippen LogP) is 1.77. The number of carbonyl (C=O) groups excluding carboxylic acids is 1. The number of H-pyrrole nitrogens is 1. The zero-order valence-corrected chi connectivity index (χ0v) is 16.4. The standard InChI is InChI=1S/C21H22FN5O3/c1-2-26(13-17(28)24-16-11-7-6-10-15(16)22)18-19(23)27(21(30)25-20(18)29)12-14-8-4-3-5-9-14/h3-11H,2,12-13,23H2,1H3,(H,24,28)(H,25,29,30). The number of aromatic amines is 1. The maximum absolute atomic E-state index is 13.8. The third kappa shape index (κ3) is 4.57. The van der Waals surface area contributed by atoms with E-state index in [1.54, 1.807) is 13.0 Å². The van der Waals surface area contributed by atoms with Crippen LogP contribution < -0.4 is 27.2 Å². The molecule has 2 aromatic carbocycles. The van der Waals surface area contributed by atoms with E-state index in [4.69, 9.17) is 5.73 Å². The Bertz CT molecular complexity index is 1160. The van der Waals surface area contributed by atoms with Crippen LogP contribution in [0, 0.1) is 5.82 Å². The number of anilines is 3. The van der Waals surface area contributed by atoms with Gasteiger partial charge in [0.1, 0.15) is 17.3 Å². The number of nitrogens with two attached hydrogens (primary N) is 1. The average molecular weight is 411 g/mol. The first-order valence-electron chi connectivity index (χ1n) is 9.36. The summed E-state index contributed by atoms with van der Waals surface area (Å²) < 4.78 is 15.0. The Morgan fingerprint density at radius 1 is 1.13 bits per heavy atom. The van der Waals surface area contributed by atoms with E-state index in [1.807, 2.05) is 30.3 Å². The molecule has 0 fully saturated rings. The van der Waals surface area contributed by atoms with Crippen molar-refractivity contribution in [3.63, 3.8) is 0 Å². The summed E-state index contributed by atoms with van der Waals surface area (Å²) in [5, 5.41) is 2.47. The van der Waals surface area contributed by atoms with E-state index in [0.717, 1.165) is 5.56 Å². The summed E-state index contributed by atoms with van der Waals surface area (Å²) >= 11 is 0. The van der Waals surface area contributed by atoms with Crippen LogP contribution in [0.3, 0.4) is 0 Å². The number of nitrogens with one attached hydrogen (secondary N) is 2. The van der Waals surface area contributed by atoms with Crippen LogP contribution in [0.1, 0.15) is 12.5 Å². The number of halogens is 1. The molecule has 1 aromatic heterocycles. The van der Waals surface area contributed by atoms with Gasteiger partial charge in [0.05, 0.1) is 18.8 Å². The molecule has 0 aliphatic rings. The zero-order valence-electron chi connectivity index (χ0n) is 16.4. The molecule has 0 saturated carbocycles. The van der Waals surface area contributed by atoms with Crippen LogP contribution in [0.2, 0.25) is 0 Å². The Morgan fingerprint density at radius 2 is 1.80 bits per heavy atom. The van der Waals surface area contributed by atoms with Gasteiger partial charge in [-0.1, -0.05) is 42.5 Å². The topological polar surface area (TPSA) is 113 Å². The van der Waals surface area contributed by atoms with Crippen LogP contribution >= 0.6 is 0 Å². The number of hydrogen-bond donors (Lipinski definition) is 3. The van der Waals surface area contributed by atoms with Crippen LogP contribution in [0.25, 0.3) is 0 Å². The first-order chi connectivity index (χ1) is 14.4. The normalized spacial score (nSPS) is 10.6. The van der Waals surface area contributed by atoms with Gasteiger partial charge in [-0.25, -0.2) is 9.18 Å². The molecule has 0 atom stereocenters. The molecule has 8 nitrogen and oxygen atoms in total. The maximum atomic E-state index is 13.8. The fourth-order valence-corrected chi connectivity index (χ4v) is 3.08. The van der Waals surface area contributed by atoms with Crippen LogP contribution in [-0.2, 0) is 11.3 Å². The summed E-state index contributed by atoms with van der Waals surface area (Å²) in [6.45, 7) is 1.92. The number of carbonyl (C=O) groups is 1. The molecule has 3 rings (SSSR count). The SMILES string of the molecule is CCN(CC(=O)Nc1ccccc1F)c1c(N)n(Cc2ccccc2)c(=O)[nH]c1=O. The van der Waals surface area contributed by atoms with E-state index in [1.165, 1.54) is 27.7 Å². The number of likely N-dealkylation sites (N-methyl/N-ethyl adjacent to an activating group) is 1. The Hall–Kier alpha value is -3.88. The Balaban J connectivity index is 1.89. The van der Waals surface area contributed by atoms with Gasteiger partial charge in [-0.15, -0.1) is 0 Å². The van der Waals surface area contributed by atoms with Crippen LogP contribution in [-0.4, -0.2) is 28.5 Å². The highest BCUT2D eigenvalue weighted by Gasteiger charge is 2.20. The van der Waals surface area contributed by atoms with E-state index in [0.29, 0.717) is 0 Å². The van der Waals surface area contributed by atoms with Gasteiger partial charge in [0.25, 0.3) is 5.56 Å².